The van der Waals surface area contributed by atoms with Gasteiger partial charge in [-0.25, -0.2) is 0 Å². The van der Waals surface area contributed by atoms with Gasteiger partial charge < -0.3 is 10.2 Å². The van der Waals surface area contributed by atoms with E-state index >= 15 is 0 Å². The van der Waals surface area contributed by atoms with E-state index in [2.05, 4.69) is 5.32 Å². The lowest BCUT2D eigenvalue weighted by atomic mass is 10.1. The molecule has 0 aromatic heterocycles. The number of benzene rings is 1. The fourth-order valence-corrected chi connectivity index (χ4v) is 1.40. The number of hydrogen-bond donors (Lipinski definition) is 1. The molecule has 0 fully saturated rings. The van der Waals surface area contributed by atoms with Gasteiger partial charge in [-0.2, -0.15) is 0 Å². The van der Waals surface area contributed by atoms with Crippen LogP contribution in [0.15, 0.2) is 24.3 Å². The molecular formula is C12H18N2O. The van der Waals surface area contributed by atoms with E-state index in [0.717, 1.165) is 24.2 Å². The van der Waals surface area contributed by atoms with Crippen LogP contribution in [0.3, 0.4) is 0 Å². The molecule has 0 atom stereocenters. The van der Waals surface area contributed by atoms with Gasteiger partial charge in [0.05, 0.1) is 0 Å². The maximum absolute atomic E-state index is 12.0. The molecule has 0 saturated carbocycles. The van der Waals surface area contributed by atoms with E-state index in [9.17, 15) is 4.79 Å². The standard InChI is InChI=1S/C12H18N2O/c1-10-6-4-5-7-11(10)12(15)14(3)9-8-13-2/h4-7,13H,8-9H2,1-3H3. The highest BCUT2D eigenvalue weighted by atomic mass is 16.2. The zero-order valence-corrected chi connectivity index (χ0v) is 9.58. The van der Waals surface area contributed by atoms with Gasteiger partial charge in [0.15, 0.2) is 0 Å². The zero-order chi connectivity index (χ0) is 11.3. The average Bonchev–Trinajstić information content (AvgIpc) is 2.25. The highest BCUT2D eigenvalue weighted by molar-refractivity contribution is 5.95. The van der Waals surface area contributed by atoms with Crippen LogP contribution in [0.25, 0.3) is 0 Å². The molecule has 3 heteroatoms. The smallest absolute Gasteiger partial charge is 0.253 e. The number of carbonyl (C=O) groups is 1. The average molecular weight is 206 g/mol. The Bertz CT molecular complexity index is 336. The number of hydrogen-bond acceptors (Lipinski definition) is 2. The summed E-state index contributed by atoms with van der Waals surface area (Å²) in [4.78, 5) is 13.7. The van der Waals surface area contributed by atoms with Crippen LogP contribution in [-0.2, 0) is 0 Å². The van der Waals surface area contributed by atoms with Crippen LogP contribution in [0.5, 0.6) is 0 Å². The summed E-state index contributed by atoms with van der Waals surface area (Å²) in [6.07, 6.45) is 0. The van der Waals surface area contributed by atoms with Gasteiger partial charge in [0.2, 0.25) is 0 Å². The Morgan fingerprint density at radius 1 is 1.40 bits per heavy atom. The van der Waals surface area contributed by atoms with Gasteiger partial charge in [0.25, 0.3) is 5.91 Å². The van der Waals surface area contributed by atoms with E-state index in [4.69, 9.17) is 0 Å². The summed E-state index contributed by atoms with van der Waals surface area (Å²) in [6, 6.07) is 7.67. The normalized spacial score (nSPS) is 10.1. The van der Waals surface area contributed by atoms with Crippen LogP contribution in [0.4, 0.5) is 0 Å². The second-order valence-electron chi connectivity index (χ2n) is 3.65. The second-order valence-corrected chi connectivity index (χ2v) is 3.65. The van der Waals surface area contributed by atoms with Gasteiger partial charge in [-0.15, -0.1) is 0 Å². The first kappa shape index (κ1) is 11.7. The largest absolute Gasteiger partial charge is 0.340 e. The predicted octanol–water partition coefficient (Wildman–Crippen LogP) is 1.29. The first-order valence-corrected chi connectivity index (χ1v) is 5.12. The molecule has 0 spiro atoms. The third-order valence-electron chi connectivity index (χ3n) is 2.42. The SMILES string of the molecule is CNCCN(C)C(=O)c1ccccc1C. The Kier molecular flexibility index (Phi) is 4.31. The Hall–Kier alpha value is -1.35. The van der Waals surface area contributed by atoms with E-state index in [1.807, 2.05) is 45.3 Å². The number of carbonyl (C=O) groups excluding carboxylic acids is 1. The Labute approximate surface area is 91.1 Å². The Morgan fingerprint density at radius 2 is 2.07 bits per heavy atom. The van der Waals surface area contributed by atoms with Gasteiger partial charge in [0, 0.05) is 25.7 Å². The molecule has 1 N–H and O–H groups in total. The summed E-state index contributed by atoms with van der Waals surface area (Å²) in [6.45, 7) is 3.50. The minimum atomic E-state index is 0.0864. The quantitative estimate of drug-likeness (QED) is 0.805. The van der Waals surface area contributed by atoms with Gasteiger partial charge >= 0.3 is 0 Å². The molecule has 0 bridgehead atoms. The molecule has 1 rings (SSSR count). The maximum atomic E-state index is 12.0. The van der Waals surface area contributed by atoms with Crippen LogP contribution >= 0.6 is 0 Å². The first-order chi connectivity index (χ1) is 7.16. The Morgan fingerprint density at radius 3 is 2.67 bits per heavy atom. The van der Waals surface area contributed by atoms with Crippen LogP contribution in [0, 0.1) is 6.92 Å². The van der Waals surface area contributed by atoms with E-state index in [1.165, 1.54) is 0 Å². The monoisotopic (exact) mass is 206 g/mol. The van der Waals surface area contributed by atoms with Gasteiger partial charge in [0.1, 0.15) is 0 Å². The lowest BCUT2D eigenvalue weighted by Gasteiger charge is -2.17. The molecule has 0 aliphatic heterocycles. The summed E-state index contributed by atoms with van der Waals surface area (Å²) < 4.78 is 0. The molecule has 0 aliphatic carbocycles. The fourth-order valence-electron chi connectivity index (χ4n) is 1.40. The van der Waals surface area contributed by atoms with Crippen molar-refractivity contribution in [1.29, 1.82) is 0 Å². The van der Waals surface area contributed by atoms with Crippen molar-refractivity contribution < 1.29 is 4.79 Å². The molecule has 1 amide bonds. The minimum Gasteiger partial charge on any atom is -0.340 e. The molecule has 15 heavy (non-hydrogen) atoms. The van der Waals surface area contributed by atoms with Crippen molar-refractivity contribution in [3.63, 3.8) is 0 Å². The van der Waals surface area contributed by atoms with Crippen molar-refractivity contribution in [2.75, 3.05) is 27.2 Å². The van der Waals surface area contributed by atoms with Crippen molar-refractivity contribution in [2.45, 2.75) is 6.92 Å². The second kappa shape index (κ2) is 5.51. The summed E-state index contributed by atoms with van der Waals surface area (Å²) >= 11 is 0. The number of amides is 1. The number of rotatable bonds is 4. The molecular weight excluding hydrogens is 188 g/mol. The molecule has 0 heterocycles. The zero-order valence-electron chi connectivity index (χ0n) is 9.58. The highest BCUT2D eigenvalue weighted by Crippen LogP contribution is 2.09. The molecule has 1 aromatic rings. The first-order valence-electron chi connectivity index (χ1n) is 5.12. The summed E-state index contributed by atoms with van der Waals surface area (Å²) in [5.41, 5.74) is 1.81. The number of aryl methyl sites for hydroxylation is 1. The van der Waals surface area contributed by atoms with E-state index in [-0.39, 0.29) is 5.91 Å². The van der Waals surface area contributed by atoms with Crippen molar-refractivity contribution in [3.8, 4) is 0 Å². The minimum absolute atomic E-state index is 0.0864. The molecule has 0 aliphatic rings. The maximum Gasteiger partial charge on any atom is 0.253 e. The molecule has 3 nitrogen and oxygen atoms in total. The summed E-state index contributed by atoms with van der Waals surface area (Å²) in [5.74, 6) is 0.0864. The lowest BCUT2D eigenvalue weighted by molar-refractivity contribution is 0.0796. The summed E-state index contributed by atoms with van der Waals surface area (Å²) in [5, 5.41) is 3.03. The van der Waals surface area contributed by atoms with Crippen molar-refractivity contribution in [2.24, 2.45) is 0 Å². The van der Waals surface area contributed by atoms with Crippen molar-refractivity contribution >= 4 is 5.91 Å². The topological polar surface area (TPSA) is 32.3 Å². The lowest BCUT2D eigenvalue weighted by Crippen LogP contribution is -2.33. The number of nitrogens with zero attached hydrogens (tertiary/aromatic N) is 1. The Balaban J connectivity index is 2.72. The molecule has 82 valence electrons. The van der Waals surface area contributed by atoms with Crippen molar-refractivity contribution in [3.05, 3.63) is 35.4 Å². The van der Waals surface area contributed by atoms with Crippen LogP contribution < -0.4 is 5.32 Å². The predicted molar refractivity (Wildman–Crippen MR) is 62.1 cm³/mol. The van der Waals surface area contributed by atoms with Crippen molar-refractivity contribution in [1.82, 2.24) is 10.2 Å². The highest BCUT2D eigenvalue weighted by Gasteiger charge is 2.12. The molecule has 0 unspecified atom stereocenters. The van der Waals surface area contributed by atoms with Crippen LogP contribution in [0.2, 0.25) is 0 Å². The molecule has 0 radical (unpaired) electrons. The van der Waals surface area contributed by atoms with Gasteiger partial charge in [-0.1, -0.05) is 18.2 Å². The van der Waals surface area contributed by atoms with Gasteiger partial charge in [-0.3, -0.25) is 4.79 Å². The van der Waals surface area contributed by atoms with Crippen LogP contribution in [0.1, 0.15) is 15.9 Å². The fraction of sp³-hybridized carbons (Fsp3) is 0.417. The van der Waals surface area contributed by atoms with E-state index < -0.39 is 0 Å². The van der Waals surface area contributed by atoms with E-state index in [0.29, 0.717) is 0 Å². The molecule has 1 aromatic carbocycles. The van der Waals surface area contributed by atoms with Gasteiger partial charge in [-0.05, 0) is 25.6 Å². The van der Waals surface area contributed by atoms with Crippen LogP contribution in [-0.4, -0.2) is 38.0 Å². The number of likely N-dealkylation sites (N-methyl/N-ethyl adjacent to an activating group) is 2. The number of nitrogens with one attached hydrogen (secondary N) is 1. The summed E-state index contributed by atoms with van der Waals surface area (Å²) in [7, 11) is 3.71. The third-order valence-corrected chi connectivity index (χ3v) is 2.42. The third kappa shape index (κ3) is 3.06. The van der Waals surface area contributed by atoms with E-state index in [1.54, 1.807) is 4.90 Å². The molecule has 0 saturated heterocycles.